The van der Waals surface area contributed by atoms with Gasteiger partial charge in [-0.05, 0) is 0 Å². The lowest BCUT2D eigenvalue weighted by molar-refractivity contribution is -0.487. The molecule has 4 N–H and O–H groups in total. The van der Waals surface area contributed by atoms with Crippen molar-refractivity contribution in [3.05, 3.63) is 0 Å². The van der Waals surface area contributed by atoms with E-state index < -0.39 is 188 Å². The van der Waals surface area contributed by atoms with Crippen LogP contribution in [0.3, 0.4) is 0 Å². The number of alkyl halides is 54. The van der Waals surface area contributed by atoms with E-state index in [9.17, 15) is 242 Å². The summed E-state index contributed by atoms with van der Waals surface area (Å²) in [4.78, 5) is 9.05. The van der Waals surface area contributed by atoms with Crippen LogP contribution in [-0.4, -0.2) is 209 Å². The van der Waals surface area contributed by atoms with E-state index in [2.05, 4.69) is 14.4 Å². The Hall–Kier alpha value is -3.79. The average Bonchev–Trinajstić information content (AvgIpc) is 0.729. The molecular formula is C34H20F54NO6P. The van der Waals surface area contributed by atoms with E-state index >= 15 is 0 Å². The smallest absolute Gasteiger partial charge is 0.395 e. The van der Waals surface area contributed by atoms with Crippen LogP contribution in [0.5, 0.6) is 0 Å². The third kappa shape index (κ3) is 13.3. The van der Waals surface area contributed by atoms with Crippen molar-refractivity contribution >= 4 is 7.82 Å². The van der Waals surface area contributed by atoms with Crippen molar-refractivity contribution in [1.82, 2.24) is 5.32 Å². The first-order chi connectivity index (χ1) is 40.8. The van der Waals surface area contributed by atoms with Crippen LogP contribution >= 0.6 is 7.82 Å². The summed E-state index contributed by atoms with van der Waals surface area (Å²) in [5.74, 6) is -196. The lowest BCUT2D eigenvalue weighted by Crippen LogP contribution is -2.79. The fraction of sp³-hybridized carbons (Fsp3) is 1.00. The molecule has 0 saturated carbocycles. The molecule has 0 aromatic carbocycles. The normalized spacial score (nSPS) is 16.7. The molecule has 62 heteroatoms. The van der Waals surface area contributed by atoms with Gasteiger partial charge >= 0.3 is 162 Å². The highest BCUT2D eigenvalue weighted by atomic mass is 31.2. The molecule has 0 atom stereocenters. The molecule has 0 fully saturated rings. The van der Waals surface area contributed by atoms with Gasteiger partial charge in [0.1, 0.15) is 0 Å². The van der Waals surface area contributed by atoms with E-state index in [4.69, 9.17) is 15.1 Å². The molecule has 0 amide bonds. The minimum Gasteiger partial charge on any atom is -0.395 e. The largest absolute Gasteiger partial charge is 0.472 e. The molecule has 0 aromatic rings. The predicted octanol–water partition coefficient (Wildman–Crippen LogP) is 16.8. The number of aliphatic hydroxyl groups excluding tert-OH is 2. The molecule has 0 aliphatic carbocycles. The number of rotatable bonds is 32. The molecule has 7 nitrogen and oxygen atoms in total. The van der Waals surface area contributed by atoms with Crippen LogP contribution in [-0.2, 0) is 13.6 Å². The Morgan fingerprint density at radius 3 is 0.510 bits per heavy atom. The highest BCUT2D eigenvalue weighted by Gasteiger charge is 3.04. The third-order valence-electron chi connectivity index (χ3n) is 11.6. The van der Waals surface area contributed by atoms with E-state index in [1.165, 1.54) is 0 Å². The van der Waals surface area contributed by atoms with Gasteiger partial charge in [0, 0.05) is 25.9 Å². The maximum atomic E-state index is 14.2. The third-order valence-corrected chi connectivity index (χ3v) is 12.6. The van der Waals surface area contributed by atoms with Crippen molar-refractivity contribution in [2.45, 2.75) is 167 Å². The van der Waals surface area contributed by atoms with Crippen LogP contribution in [0, 0.1) is 0 Å². The zero-order valence-electron chi connectivity index (χ0n) is 42.6. The van der Waals surface area contributed by atoms with Crippen LogP contribution in [0.4, 0.5) is 237 Å². The maximum Gasteiger partial charge on any atom is 0.472 e. The first kappa shape index (κ1) is 94.3. The molecule has 0 heterocycles. The van der Waals surface area contributed by atoms with Crippen molar-refractivity contribution in [2.75, 3.05) is 39.5 Å². The van der Waals surface area contributed by atoms with E-state index in [1.807, 2.05) is 0 Å². The first-order valence-corrected chi connectivity index (χ1v) is 23.1. The molecule has 580 valence electrons. The van der Waals surface area contributed by atoms with Crippen LogP contribution in [0.1, 0.15) is 12.8 Å². The highest BCUT2D eigenvalue weighted by Crippen LogP contribution is 2.72. The zero-order chi connectivity index (χ0) is 79.3. The molecule has 0 radical (unpaired) electrons. The van der Waals surface area contributed by atoms with Gasteiger partial charge < -0.3 is 20.4 Å². The number of hydrogen-bond acceptors (Lipinski definition) is 6. The van der Waals surface area contributed by atoms with Gasteiger partial charge in [0.2, 0.25) is 0 Å². The number of hydrogen-bond donors (Lipinski definition) is 4. The Bertz CT molecular complexity index is 2450. The Labute approximate surface area is 486 Å². The summed E-state index contributed by atoms with van der Waals surface area (Å²) in [6.45, 7) is -5.81. The predicted molar refractivity (Wildman–Crippen MR) is 189 cm³/mol. The topological polar surface area (TPSA) is 108 Å². The standard InChI is InChI=1S/C30H9F54O4P.C4H11NO2/c31-5(32,9(37,38)13(45,46)17(53,54)21(61,62)25(69,70)23(65,66)19(57,58)15(49,50)11(41,42)7(35,27(73,74)75)28(76,77)78)1-3-87-89(85,86)88-4-2-6(33,34)10(39,40)14(47,48)18(55,56)22(63,64)26(71,72)24(67,68)20(59,60)16(51,52)12(43,44)8(36,29(79,80)81)30(82,83)84;6-3-1-5-2-4-7/h1-4H2,(H,85,86);5-7H,1-4H2. The van der Waals surface area contributed by atoms with Crippen molar-refractivity contribution in [1.29, 1.82) is 0 Å². The minimum absolute atomic E-state index is 0.139. The average molecular weight is 1600 g/mol. The number of phosphoric acid groups is 1. The van der Waals surface area contributed by atoms with Crippen LogP contribution in [0.25, 0.3) is 0 Å². The molecule has 0 aliphatic rings. The van der Waals surface area contributed by atoms with Crippen molar-refractivity contribution in [3.63, 3.8) is 0 Å². The molecule has 0 unspecified atom stereocenters. The molecule has 0 rings (SSSR count). The van der Waals surface area contributed by atoms with Crippen molar-refractivity contribution in [3.8, 4) is 0 Å². The first-order valence-electron chi connectivity index (χ1n) is 21.6. The Morgan fingerprint density at radius 2 is 0.375 bits per heavy atom. The fourth-order valence-corrected chi connectivity index (χ4v) is 6.62. The summed E-state index contributed by atoms with van der Waals surface area (Å²) in [5.41, 5.74) is -19.1. The fourth-order valence-electron chi connectivity index (χ4n) is 5.90. The second-order valence-electron chi connectivity index (χ2n) is 17.9. The molecule has 0 aliphatic heterocycles. The number of aliphatic hydroxyl groups is 2. The van der Waals surface area contributed by atoms with E-state index in [1.54, 1.807) is 0 Å². The number of phosphoric ester groups is 1. The maximum absolute atomic E-state index is 14.2. The van der Waals surface area contributed by atoms with Gasteiger partial charge in [-0.1, -0.05) is 0 Å². The monoisotopic (exact) mass is 1600 g/mol. The molecule has 96 heavy (non-hydrogen) atoms. The second kappa shape index (κ2) is 25.9. The van der Waals surface area contributed by atoms with Gasteiger partial charge in [0.05, 0.1) is 26.4 Å². The summed E-state index contributed by atoms with van der Waals surface area (Å²) in [6.07, 6.45) is -44.4. The highest BCUT2D eigenvalue weighted by molar-refractivity contribution is 7.47. The van der Waals surface area contributed by atoms with E-state index in [0.717, 1.165) is 0 Å². The number of nitrogens with one attached hydrogen (secondary N) is 1. The number of halogens is 54. The molecular weight excluding hydrogens is 1580 g/mol. The summed E-state index contributed by atoms with van der Waals surface area (Å²) >= 11 is 0. The molecule has 0 bridgehead atoms. The SMILES string of the molecule is O=P(O)(OCCC(F)(F)C(F)(F)C(F)(F)C(F)(F)C(F)(F)C(F)(F)C(F)(F)C(F)(F)C(F)(F)C(F)(F)C(F)(C(F)(F)F)C(F)(F)F)OCCC(F)(F)C(F)(F)C(F)(F)C(F)(F)C(F)(F)C(F)(F)C(F)(F)C(F)(F)C(F)(F)C(F)(F)C(F)(C(F)(F)F)C(F)(F)F.OCCNCCO. The van der Waals surface area contributed by atoms with E-state index in [0.29, 0.717) is 13.1 Å². The van der Waals surface area contributed by atoms with Gasteiger partial charge in [-0.25, -0.2) is 13.3 Å². The Morgan fingerprint density at radius 1 is 0.240 bits per heavy atom. The summed E-state index contributed by atoms with van der Waals surface area (Å²) < 4.78 is 756. The van der Waals surface area contributed by atoms with Crippen molar-refractivity contribution in [2.24, 2.45) is 0 Å². The summed E-state index contributed by atoms with van der Waals surface area (Å²) in [6, 6.07) is 0. The zero-order valence-corrected chi connectivity index (χ0v) is 43.5. The minimum atomic E-state index is -10.3. The lowest BCUT2D eigenvalue weighted by Gasteiger charge is -2.46. The summed E-state index contributed by atoms with van der Waals surface area (Å²) in [7, 11) is -7.49. The quantitative estimate of drug-likeness (QED) is 0.0302. The Kier molecular flexibility index (Phi) is 25.5. The van der Waals surface area contributed by atoms with Crippen LogP contribution in [0.2, 0.25) is 0 Å². The molecule has 0 saturated heterocycles. The molecule has 0 spiro atoms. The van der Waals surface area contributed by atoms with Gasteiger partial charge in [-0.3, -0.25) is 9.05 Å². The molecule has 0 aromatic heterocycles. The Balaban J connectivity index is 0. The van der Waals surface area contributed by atoms with Crippen LogP contribution < -0.4 is 5.32 Å². The van der Waals surface area contributed by atoms with Gasteiger partial charge in [0.15, 0.2) is 0 Å². The second-order valence-corrected chi connectivity index (χ2v) is 19.3. The van der Waals surface area contributed by atoms with Crippen molar-refractivity contribution < 1.29 is 266 Å². The van der Waals surface area contributed by atoms with E-state index in [-0.39, 0.29) is 13.2 Å². The van der Waals surface area contributed by atoms with Crippen LogP contribution in [0.15, 0.2) is 0 Å². The van der Waals surface area contributed by atoms with Gasteiger partial charge in [-0.15, -0.1) is 0 Å². The van der Waals surface area contributed by atoms with Gasteiger partial charge in [-0.2, -0.15) is 228 Å². The lowest BCUT2D eigenvalue weighted by atomic mass is 9.82. The summed E-state index contributed by atoms with van der Waals surface area (Å²) in [5, 5.41) is 19.1. The van der Waals surface area contributed by atoms with Gasteiger partial charge in [0.25, 0.3) is 0 Å².